The first-order valence-corrected chi connectivity index (χ1v) is 7.94. The maximum absolute atomic E-state index is 12.1. The molecule has 0 unspecified atom stereocenters. The quantitative estimate of drug-likeness (QED) is 0.237. The highest BCUT2D eigenvalue weighted by atomic mass is 16.5. The van der Waals surface area contributed by atoms with Crippen LogP contribution in [0.5, 0.6) is 0 Å². The van der Waals surface area contributed by atoms with Crippen molar-refractivity contribution in [1.29, 1.82) is 0 Å². The van der Waals surface area contributed by atoms with Gasteiger partial charge < -0.3 is 15.0 Å². The molecule has 0 N–H and O–H groups in total. The lowest BCUT2D eigenvalue weighted by molar-refractivity contribution is -0.153. The Bertz CT molecular complexity index is 455. The van der Waals surface area contributed by atoms with Crippen molar-refractivity contribution in [3.8, 4) is 0 Å². The fourth-order valence-corrected chi connectivity index (χ4v) is 2.92. The summed E-state index contributed by atoms with van der Waals surface area (Å²) < 4.78 is 10.4. The molecular formula is C16H26N2O4. The average Bonchev–Trinajstić information content (AvgIpc) is 2.45. The molecule has 6 heteroatoms. The van der Waals surface area contributed by atoms with Crippen LogP contribution in [0.1, 0.15) is 47.0 Å². The van der Waals surface area contributed by atoms with Crippen LogP contribution < -0.4 is 0 Å². The number of ether oxygens (including phenoxy) is 2. The van der Waals surface area contributed by atoms with Gasteiger partial charge in [0, 0.05) is 6.61 Å². The summed E-state index contributed by atoms with van der Waals surface area (Å²) in [6.07, 6.45) is 2.64. The van der Waals surface area contributed by atoms with Crippen molar-refractivity contribution in [3.05, 3.63) is 5.53 Å². The van der Waals surface area contributed by atoms with Crippen LogP contribution >= 0.6 is 0 Å². The second-order valence-electron chi connectivity index (χ2n) is 6.28. The topological polar surface area (TPSA) is 89.0 Å². The van der Waals surface area contributed by atoms with Gasteiger partial charge in [0.05, 0.1) is 0 Å². The van der Waals surface area contributed by atoms with E-state index in [-0.39, 0.29) is 18.6 Å². The van der Waals surface area contributed by atoms with Crippen molar-refractivity contribution < 1.29 is 23.9 Å². The maximum atomic E-state index is 12.1. The van der Waals surface area contributed by atoms with Crippen LogP contribution in [0.3, 0.4) is 0 Å². The molecule has 0 aliphatic heterocycles. The minimum atomic E-state index is -0.864. The average molecular weight is 310 g/mol. The highest BCUT2D eigenvalue weighted by molar-refractivity contribution is 6.62. The molecular weight excluding hydrogens is 284 g/mol. The van der Waals surface area contributed by atoms with Gasteiger partial charge in [0.2, 0.25) is 0 Å². The molecule has 0 spiro atoms. The highest BCUT2D eigenvalue weighted by Crippen LogP contribution is 2.35. The fourth-order valence-electron chi connectivity index (χ4n) is 2.92. The second-order valence-corrected chi connectivity index (χ2v) is 6.28. The minimum absolute atomic E-state index is 0.243. The molecule has 1 rings (SSSR count). The van der Waals surface area contributed by atoms with Gasteiger partial charge in [-0.15, -0.1) is 0 Å². The van der Waals surface area contributed by atoms with Crippen molar-refractivity contribution in [2.75, 3.05) is 13.2 Å². The molecule has 0 aromatic rings. The molecule has 1 aliphatic rings. The van der Waals surface area contributed by atoms with Crippen molar-refractivity contribution in [2.24, 2.45) is 17.8 Å². The Morgan fingerprint density at radius 3 is 2.55 bits per heavy atom. The van der Waals surface area contributed by atoms with Crippen LogP contribution in [0.15, 0.2) is 0 Å². The fraction of sp³-hybridized carbons (Fsp3) is 0.812. The number of rotatable bonds is 7. The number of hydrogen-bond donors (Lipinski definition) is 0. The zero-order valence-corrected chi connectivity index (χ0v) is 13.9. The van der Waals surface area contributed by atoms with E-state index >= 15 is 0 Å². The zero-order valence-electron chi connectivity index (χ0n) is 13.9. The van der Waals surface area contributed by atoms with E-state index in [4.69, 9.17) is 15.0 Å². The Morgan fingerprint density at radius 2 is 2.00 bits per heavy atom. The molecule has 1 aliphatic carbocycles. The number of carbonyl (C=O) groups is 2. The number of hydrogen-bond acceptors (Lipinski definition) is 4. The van der Waals surface area contributed by atoms with E-state index in [0.717, 1.165) is 19.3 Å². The molecule has 0 radical (unpaired) electrons. The highest BCUT2D eigenvalue weighted by Gasteiger charge is 2.38. The van der Waals surface area contributed by atoms with E-state index in [1.165, 1.54) is 0 Å². The van der Waals surface area contributed by atoms with Gasteiger partial charge in [-0.25, -0.2) is 4.79 Å². The van der Waals surface area contributed by atoms with Gasteiger partial charge in [-0.3, -0.25) is 4.79 Å². The standard InChI is InChI=1S/C16H26N2O4/c1-5-21-9-13(19)15(18-17)16(20)22-14-8-11(4)6-7-12(14)10(2)3/h10-12,14H,5-9H2,1-4H3/t11-,12+,14-/m1/s1. The normalized spacial score (nSPS) is 24.7. The Morgan fingerprint density at radius 1 is 1.32 bits per heavy atom. The molecule has 0 heterocycles. The maximum Gasteiger partial charge on any atom is 0.443 e. The van der Waals surface area contributed by atoms with Crippen LogP contribution in [0, 0.1) is 17.8 Å². The van der Waals surface area contributed by atoms with Gasteiger partial charge >= 0.3 is 11.7 Å². The number of Topliss-reactive ketones (excluding diaryl/α,β-unsaturated/α-hetero) is 1. The molecule has 6 nitrogen and oxygen atoms in total. The predicted octanol–water partition coefficient (Wildman–Crippen LogP) is 2.27. The number of nitrogens with zero attached hydrogens (tertiary/aromatic N) is 2. The predicted molar refractivity (Wildman–Crippen MR) is 81.3 cm³/mol. The summed E-state index contributed by atoms with van der Waals surface area (Å²) in [5, 5.41) is 0. The van der Waals surface area contributed by atoms with E-state index in [2.05, 4.69) is 25.6 Å². The Labute approximate surface area is 131 Å². The Hall–Kier alpha value is -1.52. The second kappa shape index (κ2) is 8.81. The van der Waals surface area contributed by atoms with E-state index in [1.807, 2.05) is 0 Å². The lowest BCUT2D eigenvalue weighted by Gasteiger charge is -2.36. The molecule has 0 bridgehead atoms. The number of carbonyl (C=O) groups excluding carboxylic acids is 2. The van der Waals surface area contributed by atoms with E-state index in [9.17, 15) is 9.59 Å². The van der Waals surface area contributed by atoms with Crippen LogP contribution in [0.25, 0.3) is 5.53 Å². The molecule has 1 fully saturated rings. The summed E-state index contributed by atoms with van der Waals surface area (Å²) in [6.45, 7) is 8.11. The monoisotopic (exact) mass is 310 g/mol. The van der Waals surface area contributed by atoms with Crippen LogP contribution in [0.2, 0.25) is 0 Å². The van der Waals surface area contributed by atoms with E-state index in [0.29, 0.717) is 18.4 Å². The molecule has 0 aromatic heterocycles. The third kappa shape index (κ3) is 5.04. The summed E-state index contributed by atoms with van der Waals surface area (Å²) in [4.78, 5) is 26.7. The van der Waals surface area contributed by atoms with Crippen molar-refractivity contribution in [3.63, 3.8) is 0 Å². The third-order valence-electron chi connectivity index (χ3n) is 4.21. The summed E-state index contributed by atoms with van der Waals surface area (Å²) in [5.74, 6) is -0.404. The van der Waals surface area contributed by atoms with Gasteiger partial charge in [-0.1, -0.05) is 27.2 Å². The Kier molecular flexibility index (Phi) is 7.42. The smallest absolute Gasteiger partial charge is 0.443 e. The van der Waals surface area contributed by atoms with Crippen LogP contribution in [-0.4, -0.2) is 41.6 Å². The molecule has 0 saturated heterocycles. The first kappa shape index (κ1) is 18.5. The summed E-state index contributed by atoms with van der Waals surface area (Å²) in [7, 11) is 0. The van der Waals surface area contributed by atoms with Gasteiger partial charge in [-0.05, 0) is 37.5 Å². The first-order valence-electron chi connectivity index (χ1n) is 7.94. The van der Waals surface area contributed by atoms with E-state index < -0.39 is 17.5 Å². The third-order valence-corrected chi connectivity index (χ3v) is 4.21. The van der Waals surface area contributed by atoms with E-state index in [1.54, 1.807) is 6.92 Å². The summed E-state index contributed by atoms with van der Waals surface area (Å²) in [5.41, 5.74) is 8.34. The van der Waals surface area contributed by atoms with Crippen LogP contribution in [0.4, 0.5) is 0 Å². The molecule has 1 saturated carbocycles. The Balaban J connectivity index is 2.75. The number of esters is 1. The van der Waals surface area contributed by atoms with Gasteiger partial charge in [0.1, 0.15) is 12.7 Å². The van der Waals surface area contributed by atoms with Crippen molar-refractivity contribution >= 4 is 17.5 Å². The molecule has 0 aromatic carbocycles. The lowest BCUT2D eigenvalue weighted by atomic mass is 9.75. The number of ketones is 1. The van der Waals surface area contributed by atoms with Crippen molar-refractivity contribution in [2.45, 2.75) is 53.1 Å². The minimum Gasteiger partial charge on any atom is -0.453 e. The largest absolute Gasteiger partial charge is 0.453 e. The first-order chi connectivity index (χ1) is 10.4. The zero-order chi connectivity index (χ0) is 16.7. The van der Waals surface area contributed by atoms with Gasteiger partial charge in [0.15, 0.2) is 0 Å². The summed E-state index contributed by atoms with van der Waals surface area (Å²) >= 11 is 0. The molecule has 22 heavy (non-hydrogen) atoms. The van der Waals surface area contributed by atoms with Gasteiger partial charge in [-0.2, -0.15) is 4.79 Å². The lowest BCUT2D eigenvalue weighted by Crippen LogP contribution is -2.39. The molecule has 3 atom stereocenters. The van der Waals surface area contributed by atoms with Crippen LogP contribution in [-0.2, 0) is 19.1 Å². The molecule has 0 amide bonds. The molecule has 124 valence electrons. The van der Waals surface area contributed by atoms with Gasteiger partial charge in [0.25, 0.3) is 5.78 Å². The summed E-state index contributed by atoms with van der Waals surface area (Å²) in [6, 6.07) is 0. The van der Waals surface area contributed by atoms with Crippen molar-refractivity contribution in [1.82, 2.24) is 0 Å². The SMILES string of the molecule is CCOCC(=O)C(=[N+]=[N-])C(=O)O[C@@H]1C[C@H](C)CC[C@H]1C(C)C.